The molecule has 1 rings (SSSR count). The molecular formula is C13H24N4O. The predicted octanol–water partition coefficient (Wildman–Crippen LogP) is 1.47. The number of aryl methyl sites for hydroxylation is 1. The number of nitrogens with zero attached hydrogens (tertiary/aromatic N) is 3. The minimum atomic E-state index is 0.777. The van der Waals surface area contributed by atoms with Gasteiger partial charge in [-0.05, 0) is 20.4 Å². The van der Waals surface area contributed by atoms with Crippen molar-refractivity contribution in [3.05, 3.63) is 17.6 Å². The van der Waals surface area contributed by atoms with E-state index in [1.54, 1.807) is 13.4 Å². The molecule has 1 N–H and O–H groups in total. The van der Waals surface area contributed by atoms with Crippen molar-refractivity contribution in [2.24, 2.45) is 0 Å². The smallest absolute Gasteiger partial charge is 0.132 e. The first-order valence-corrected chi connectivity index (χ1v) is 6.42. The number of likely N-dealkylation sites (N-methyl/N-ethyl adjacent to an activating group) is 1. The fraction of sp³-hybridized carbons (Fsp3) is 0.692. The molecule has 1 aromatic rings. The van der Waals surface area contributed by atoms with Crippen LogP contribution >= 0.6 is 0 Å². The number of ether oxygens (including phenoxy) is 1. The van der Waals surface area contributed by atoms with Crippen molar-refractivity contribution >= 4 is 5.82 Å². The molecule has 0 aliphatic carbocycles. The van der Waals surface area contributed by atoms with Crippen LogP contribution in [0, 0.1) is 13.8 Å². The second-order valence-electron chi connectivity index (χ2n) is 4.29. The monoisotopic (exact) mass is 252 g/mol. The molecule has 0 aliphatic rings. The SMILES string of the molecule is CCN(CCNc1ncnc(C)c1C)CCOC. The summed E-state index contributed by atoms with van der Waals surface area (Å²) in [6, 6.07) is 0. The number of anilines is 1. The Balaban J connectivity index is 2.38. The minimum absolute atomic E-state index is 0.777. The summed E-state index contributed by atoms with van der Waals surface area (Å²) >= 11 is 0. The van der Waals surface area contributed by atoms with Gasteiger partial charge in [-0.15, -0.1) is 0 Å². The van der Waals surface area contributed by atoms with Crippen molar-refractivity contribution in [1.29, 1.82) is 0 Å². The summed E-state index contributed by atoms with van der Waals surface area (Å²) in [5.74, 6) is 0.935. The van der Waals surface area contributed by atoms with Crippen LogP contribution in [-0.4, -0.2) is 54.8 Å². The highest BCUT2D eigenvalue weighted by molar-refractivity contribution is 5.44. The van der Waals surface area contributed by atoms with Gasteiger partial charge in [0, 0.05) is 38.0 Å². The molecule has 5 heteroatoms. The van der Waals surface area contributed by atoms with Gasteiger partial charge in [-0.3, -0.25) is 4.90 Å². The lowest BCUT2D eigenvalue weighted by Gasteiger charge is -2.20. The van der Waals surface area contributed by atoms with Crippen LogP contribution in [0.15, 0.2) is 6.33 Å². The van der Waals surface area contributed by atoms with Crippen LogP contribution in [0.4, 0.5) is 5.82 Å². The van der Waals surface area contributed by atoms with E-state index in [0.29, 0.717) is 0 Å². The Morgan fingerprint density at radius 3 is 2.72 bits per heavy atom. The first-order chi connectivity index (χ1) is 8.69. The summed E-state index contributed by atoms with van der Waals surface area (Å²) in [6.45, 7) is 10.9. The van der Waals surface area contributed by atoms with E-state index in [2.05, 4.69) is 27.1 Å². The van der Waals surface area contributed by atoms with Gasteiger partial charge in [-0.25, -0.2) is 9.97 Å². The lowest BCUT2D eigenvalue weighted by Crippen LogP contribution is -2.32. The number of hydrogen-bond acceptors (Lipinski definition) is 5. The van der Waals surface area contributed by atoms with Crippen LogP contribution in [0.25, 0.3) is 0 Å². The van der Waals surface area contributed by atoms with E-state index >= 15 is 0 Å². The summed E-state index contributed by atoms with van der Waals surface area (Å²) in [6.07, 6.45) is 1.60. The second-order valence-corrected chi connectivity index (χ2v) is 4.29. The average Bonchev–Trinajstić information content (AvgIpc) is 2.38. The first kappa shape index (κ1) is 14.9. The molecule has 0 amide bonds. The molecule has 0 radical (unpaired) electrons. The molecule has 1 aromatic heterocycles. The molecule has 0 aliphatic heterocycles. The molecule has 18 heavy (non-hydrogen) atoms. The van der Waals surface area contributed by atoms with Crippen LogP contribution in [0.1, 0.15) is 18.2 Å². The van der Waals surface area contributed by atoms with E-state index in [4.69, 9.17) is 4.74 Å². The maximum atomic E-state index is 5.09. The van der Waals surface area contributed by atoms with E-state index < -0.39 is 0 Å². The standard InChI is InChI=1S/C13H24N4O/c1-5-17(8-9-18-4)7-6-14-13-11(2)12(3)15-10-16-13/h10H,5-9H2,1-4H3,(H,14,15,16). The van der Waals surface area contributed by atoms with Crippen molar-refractivity contribution in [1.82, 2.24) is 14.9 Å². The predicted molar refractivity (Wildman–Crippen MR) is 74.0 cm³/mol. The maximum absolute atomic E-state index is 5.09. The molecule has 1 heterocycles. The zero-order valence-corrected chi connectivity index (χ0v) is 11.9. The fourth-order valence-electron chi connectivity index (χ4n) is 1.70. The Kier molecular flexibility index (Phi) is 6.60. The quantitative estimate of drug-likeness (QED) is 0.759. The van der Waals surface area contributed by atoms with E-state index in [9.17, 15) is 0 Å². The Morgan fingerprint density at radius 1 is 1.28 bits per heavy atom. The van der Waals surface area contributed by atoms with Crippen molar-refractivity contribution in [3.8, 4) is 0 Å². The zero-order valence-electron chi connectivity index (χ0n) is 11.9. The Morgan fingerprint density at radius 2 is 2.06 bits per heavy atom. The molecule has 0 saturated carbocycles. The molecule has 0 atom stereocenters. The molecular weight excluding hydrogens is 228 g/mol. The van der Waals surface area contributed by atoms with Gasteiger partial charge in [0.15, 0.2) is 0 Å². The number of rotatable bonds is 8. The second kappa shape index (κ2) is 8.00. The van der Waals surface area contributed by atoms with Crippen LogP contribution in [0.5, 0.6) is 0 Å². The molecule has 0 aromatic carbocycles. The van der Waals surface area contributed by atoms with Crippen molar-refractivity contribution in [3.63, 3.8) is 0 Å². The summed E-state index contributed by atoms with van der Waals surface area (Å²) in [5, 5.41) is 3.36. The third-order valence-electron chi connectivity index (χ3n) is 3.12. The number of nitrogens with one attached hydrogen (secondary N) is 1. The Labute approximate surface area is 110 Å². The molecule has 0 spiro atoms. The molecule has 0 bridgehead atoms. The van der Waals surface area contributed by atoms with Gasteiger partial charge in [0.25, 0.3) is 0 Å². The maximum Gasteiger partial charge on any atom is 0.132 e. The van der Waals surface area contributed by atoms with Gasteiger partial charge in [0.2, 0.25) is 0 Å². The van der Waals surface area contributed by atoms with Crippen molar-refractivity contribution < 1.29 is 4.74 Å². The van der Waals surface area contributed by atoms with E-state index in [1.165, 1.54) is 0 Å². The van der Waals surface area contributed by atoms with Gasteiger partial charge in [0.05, 0.1) is 6.61 Å². The zero-order chi connectivity index (χ0) is 13.4. The highest BCUT2D eigenvalue weighted by Gasteiger charge is 2.04. The number of hydrogen-bond donors (Lipinski definition) is 1. The van der Waals surface area contributed by atoms with Crippen LogP contribution in [-0.2, 0) is 4.74 Å². The van der Waals surface area contributed by atoms with Crippen molar-refractivity contribution in [2.45, 2.75) is 20.8 Å². The largest absolute Gasteiger partial charge is 0.383 e. The average molecular weight is 252 g/mol. The topological polar surface area (TPSA) is 50.3 Å². The minimum Gasteiger partial charge on any atom is -0.383 e. The molecule has 0 unspecified atom stereocenters. The fourth-order valence-corrected chi connectivity index (χ4v) is 1.70. The van der Waals surface area contributed by atoms with Crippen LogP contribution in [0.3, 0.4) is 0 Å². The van der Waals surface area contributed by atoms with Gasteiger partial charge < -0.3 is 10.1 Å². The third-order valence-corrected chi connectivity index (χ3v) is 3.12. The molecule has 0 fully saturated rings. The van der Waals surface area contributed by atoms with Gasteiger partial charge >= 0.3 is 0 Å². The van der Waals surface area contributed by atoms with E-state index in [1.807, 2.05) is 13.8 Å². The van der Waals surface area contributed by atoms with Gasteiger partial charge in [0.1, 0.15) is 12.1 Å². The molecule has 0 saturated heterocycles. The van der Waals surface area contributed by atoms with Gasteiger partial charge in [-0.2, -0.15) is 0 Å². The first-order valence-electron chi connectivity index (χ1n) is 6.42. The summed E-state index contributed by atoms with van der Waals surface area (Å²) < 4.78 is 5.09. The lowest BCUT2D eigenvalue weighted by molar-refractivity contribution is 0.153. The van der Waals surface area contributed by atoms with Crippen LogP contribution in [0.2, 0.25) is 0 Å². The third kappa shape index (κ3) is 4.58. The number of aromatic nitrogens is 2. The molecule has 102 valence electrons. The van der Waals surface area contributed by atoms with E-state index in [0.717, 1.165) is 49.9 Å². The highest BCUT2D eigenvalue weighted by Crippen LogP contribution is 2.11. The lowest BCUT2D eigenvalue weighted by atomic mass is 10.2. The summed E-state index contributed by atoms with van der Waals surface area (Å²) in [5.41, 5.74) is 2.15. The van der Waals surface area contributed by atoms with Crippen LogP contribution < -0.4 is 5.32 Å². The normalized spacial score (nSPS) is 10.9. The van der Waals surface area contributed by atoms with Gasteiger partial charge in [-0.1, -0.05) is 6.92 Å². The van der Waals surface area contributed by atoms with E-state index in [-0.39, 0.29) is 0 Å². The summed E-state index contributed by atoms with van der Waals surface area (Å²) in [7, 11) is 1.74. The highest BCUT2D eigenvalue weighted by atomic mass is 16.5. The molecule has 5 nitrogen and oxygen atoms in total. The van der Waals surface area contributed by atoms with Crippen molar-refractivity contribution in [2.75, 3.05) is 45.2 Å². The number of methoxy groups -OCH3 is 1. The Bertz CT molecular complexity index is 357. The summed E-state index contributed by atoms with van der Waals surface area (Å²) in [4.78, 5) is 10.8. The Hall–Kier alpha value is -1.20.